The molecular formula is C11H11NO5. The van der Waals surface area contributed by atoms with E-state index in [4.69, 9.17) is 14.9 Å². The molecule has 1 amide bonds. The third-order valence-corrected chi connectivity index (χ3v) is 2.48. The van der Waals surface area contributed by atoms with E-state index in [2.05, 4.69) is 0 Å². The van der Waals surface area contributed by atoms with Gasteiger partial charge in [-0.15, -0.1) is 0 Å². The number of ether oxygens (including phenoxy) is 1. The zero-order valence-corrected chi connectivity index (χ0v) is 8.87. The number of amides is 1. The predicted molar refractivity (Wildman–Crippen MR) is 58.1 cm³/mol. The number of rotatable bonds is 3. The van der Waals surface area contributed by atoms with Crippen molar-refractivity contribution in [2.75, 3.05) is 18.1 Å². The van der Waals surface area contributed by atoms with Crippen LogP contribution >= 0.6 is 0 Å². The van der Waals surface area contributed by atoms with Crippen molar-refractivity contribution in [2.24, 2.45) is 0 Å². The van der Waals surface area contributed by atoms with Gasteiger partial charge in [-0.25, -0.2) is 9.59 Å². The number of nitrogens with zero attached hydrogens (tertiary/aromatic N) is 1. The van der Waals surface area contributed by atoms with Crippen LogP contribution in [0.1, 0.15) is 10.4 Å². The number of aliphatic hydroxyl groups excluding tert-OH is 1. The Kier molecular flexibility index (Phi) is 2.97. The van der Waals surface area contributed by atoms with Gasteiger partial charge in [0.15, 0.2) is 0 Å². The maximum Gasteiger partial charge on any atom is 0.414 e. The van der Waals surface area contributed by atoms with Crippen molar-refractivity contribution in [3.8, 4) is 0 Å². The molecule has 0 spiro atoms. The Hall–Kier alpha value is -2.08. The van der Waals surface area contributed by atoms with Crippen LogP contribution in [-0.4, -0.2) is 41.5 Å². The number of carboxylic acid groups (broad SMARTS) is 1. The second-order valence-electron chi connectivity index (χ2n) is 3.65. The van der Waals surface area contributed by atoms with Crippen molar-refractivity contribution in [2.45, 2.75) is 6.10 Å². The first-order valence-electron chi connectivity index (χ1n) is 5.04. The molecule has 0 radical (unpaired) electrons. The van der Waals surface area contributed by atoms with Gasteiger partial charge < -0.3 is 14.9 Å². The van der Waals surface area contributed by atoms with Crippen molar-refractivity contribution in [1.29, 1.82) is 0 Å². The Morgan fingerprint density at radius 3 is 2.88 bits per heavy atom. The Morgan fingerprint density at radius 2 is 2.29 bits per heavy atom. The minimum atomic E-state index is -1.06. The van der Waals surface area contributed by atoms with Crippen molar-refractivity contribution < 1.29 is 24.5 Å². The van der Waals surface area contributed by atoms with E-state index in [1.165, 1.54) is 17.0 Å². The second kappa shape index (κ2) is 4.42. The lowest BCUT2D eigenvalue weighted by Crippen LogP contribution is -2.25. The highest BCUT2D eigenvalue weighted by Gasteiger charge is 2.31. The van der Waals surface area contributed by atoms with Gasteiger partial charge in [-0.05, 0) is 18.2 Å². The molecule has 1 aromatic rings. The minimum Gasteiger partial charge on any atom is -0.478 e. The molecule has 1 saturated heterocycles. The fourth-order valence-corrected chi connectivity index (χ4v) is 1.63. The van der Waals surface area contributed by atoms with Crippen LogP contribution in [0.2, 0.25) is 0 Å². The van der Waals surface area contributed by atoms with Crippen LogP contribution in [0.3, 0.4) is 0 Å². The molecule has 1 fully saturated rings. The van der Waals surface area contributed by atoms with Crippen molar-refractivity contribution in [3.05, 3.63) is 29.8 Å². The van der Waals surface area contributed by atoms with Gasteiger partial charge in [0.1, 0.15) is 6.10 Å². The predicted octanol–water partition coefficient (Wildman–Crippen LogP) is 0.702. The maximum absolute atomic E-state index is 11.5. The van der Waals surface area contributed by atoms with Crippen LogP contribution < -0.4 is 4.90 Å². The molecule has 1 aromatic carbocycles. The Bertz CT molecular complexity index is 459. The van der Waals surface area contributed by atoms with Crippen LogP contribution in [-0.2, 0) is 4.74 Å². The summed E-state index contributed by atoms with van der Waals surface area (Å²) in [5, 5.41) is 17.7. The summed E-state index contributed by atoms with van der Waals surface area (Å²) in [5.74, 6) is -1.06. The zero-order chi connectivity index (χ0) is 12.4. The third kappa shape index (κ3) is 2.21. The summed E-state index contributed by atoms with van der Waals surface area (Å²) in [6.07, 6.45) is -1.14. The number of aliphatic hydroxyl groups is 1. The van der Waals surface area contributed by atoms with Crippen LogP contribution in [0.4, 0.5) is 10.5 Å². The number of carbonyl (C=O) groups excluding carboxylic acids is 1. The molecule has 2 N–H and O–H groups in total. The van der Waals surface area contributed by atoms with Gasteiger partial charge in [-0.3, -0.25) is 4.90 Å². The molecule has 1 aliphatic heterocycles. The topological polar surface area (TPSA) is 87.1 Å². The van der Waals surface area contributed by atoms with Crippen molar-refractivity contribution in [3.63, 3.8) is 0 Å². The van der Waals surface area contributed by atoms with Gasteiger partial charge in [-0.2, -0.15) is 0 Å². The fraction of sp³-hybridized carbons (Fsp3) is 0.273. The van der Waals surface area contributed by atoms with Gasteiger partial charge in [0.2, 0.25) is 0 Å². The molecule has 6 heteroatoms. The summed E-state index contributed by atoms with van der Waals surface area (Å²) >= 11 is 0. The zero-order valence-electron chi connectivity index (χ0n) is 8.87. The average Bonchev–Trinajstić information content (AvgIpc) is 2.71. The number of hydrogen-bond acceptors (Lipinski definition) is 4. The molecule has 1 unspecified atom stereocenters. The number of anilines is 1. The normalized spacial score (nSPS) is 19.2. The maximum atomic E-state index is 11.5. The third-order valence-electron chi connectivity index (χ3n) is 2.48. The second-order valence-corrected chi connectivity index (χ2v) is 3.65. The van der Waals surface area contributed by atoms with E-state index < -0.39 is 18.2 Å². The van der Waals surface area contributed by atoms with Gasteiger partial charge in [-0.1, -0.05) is 6.07 Å². The van der Waals surface area contributed by atoms with Gasteiger partial charge in [0, 0.05) is 5.69 Å². The highest BCUT2D eigenvalue weighted by molar-refractivity contribution is 5.93. The first-order chi connectivity index (χ1) is 8.11. The SMILES string of the molecule is O=C(O)c1cccc(N2CC(CO)OC2=O)c1. The standard InChI is InChI=1S/C11H11NO5/c13-6-9-5-12(11(16)17-9)8-3-1-2-7(4-8)10(14)15/h1-4,9,13H,5-6H2,(H,14,15). The lowest BCUT2D eigenvalue weighted by molar-refractivity contribution is 0.0696. The lowest BCUT2D eigenvalue weighted by atomic mass is 10.2. The number of benzene rings is 1. The van der Waals surface area contributed by atoms with Crippen molar-refractivity contribution >= 4 is 17.7 Å². The average molecular weight is 237 g/mol. The quantitative estimate of drug-likeness (QED) is 0.808. The van der Waals surface area contributed by atoms with Crippen LogP contribution in [0.15, 0.2) is 24.3 Å². The molecule has 0 aromatic heterocycles. The number of carboxylic acids is 1. The van der Waals surface area contributed by atoms with Gasteiger partial charge in [0.05, 0.1) is 18.7 Å². The van der Waals surface area contributed by atoms with Crippen LogP contribution in [0, 0.1) is 0 Å². The van der Waals surface area contributed by atoms with E-state index in [0.29, 0.717) is 5.69 Å². The number of cyclic esters (lactones) is 1. The summed E-state index contributed by atoms with van der Waals surface area (Å²) in [5.41, 5.74) is 0.550. The van der Waals surface area contributed by atoms with E-state index in [0.717, 1.165) is 0 Å². The fourth-order valence-electron chi connectivity index (χ4n) is 1.63. The minimum absolute atomic E-state index is 0.0998. The van der Waals surface area contributed by atoms with E-state index in [-0.39, 0.29) is 18.7 Å². The first-order valence-corrected chi connectivity index (χ1v) is 5.04. The summed E-state index contributed by atoms with van der Waals surface area (Å²) in [4.78, 5) is 23.6. The van der Waals surface area contributed by atoms with E-state index >= 15 is 0 Å². The molecule has 17 heavy (non-hydrogen) atoms. The molecule has 1 atom stereocenters. The summed E-state index contributed by atoms with van der Waals surface area (Å²) in [7, 11) is 0. The van der Waals surface area contributed by atoms with Crippen LogP contribution in [0.25, 0.3) is 0 Å². The smallest absolute Gasteiger partial charge is 0.414 e. The molecule has 1 aliphatic rings. The van der Waals surface area contributed by atoms with E-state index in [1.807, 2.05) is 0 Å². The van der Waals surface area contributed by atoms with Gasteiger partial charge in [0.25, 0.3) is 0 Å². The molecule has 0 bridgehead atoms. The molecule has 0 saturated carbocycles. The Morgan fingerprint density at radius 1 is 1.53 bits per heavy atom. The molecule has 2 rings (SSSR count). The van der Waals surface area contributed by atoms with E-state index in [1.54, 1.807) is 12.1 Å². The largest absolute Gasteiger partial charge is 0.478 e. The number of hydrogen-bond donors (Lipinski definition) is 2. The molecule has 0 aliphatic carbocycles. The summed E-state index contributed by atoms with van der Waals surface area (Å²) < 4.78 is 4.87. The van der Waals surface area contributed by atoms with Crippen molar-refractivity contribution in [1.82, 2.24) is 0 Å². The number of aromatic carboxylic acids is 1. The molecule has 1 heterocycles. The molecule has 90 valence electrons. The first kappa shape index (κ1) is 11.4. The summed E-state index contributed by atoms with van der Waals surface area (Å²) in [6.45, 7) is -0.0285. The lowest BCUT2D eigenvalue weighted by Gasteiger charge is -2.12. The highest BCUT2D eigenvalue weighted by atomic mass is 16.6. The van der Waals surface area contributed by atoms with Gasteiger partial charge >= 0.3 is 12.1 Å². The van der Waals surface area contributed by atoms with E-state index in [9.17, 15) is 9.59 Å². The Balaban J connectivity index is 2.25. The summed E-state index contributed by atoms with van der Waals surface area (Å²) in [6, 6.07) is 6.01. The molecular weight excluding hydrogens is 226 g/mol. The number of carbonyl (C=O) groups is 2. The highest BCUT2D eigenvalue weighted by Crippen LogP contribution is 2.22. The van der Waals surface area contributed by atoms with Crippen LogP contribution in [0.5, 0.6) is 0 Å². The Labute approximate surface area is 97.0 Å². The monoisotopic (exact) mass is 237 g/mol. The molecule has 6 nitrogen and oxygen atoms in total.